The standard InChI is InChI=1S/C22H22Cl2N4OS/c1-13-11-16-19(30-13)8-6-15-20(22(29)26-27-9-3-2-4-10-27)25-28(21(15)16)18-7-5-14(23)12-17(18)24/h5,7,11-12H,2-4,6,8-10H2,1H3,(H,26,29). The van der Waals surface area contributed by atoms with E-state index in [9.17, 15) is 4.79 Å². The van der Waals surface area contributed by atoms with Crippen molar-refractivity contribution >= 4 is 40.4 Å². The average molecular weight is 461 g/mol. The summed E-state index contributed by atoms with van der Waals surface area (Å²) in [5.41, 5.74) is 7.38. The van der Waals surface area contributed by atoms with Crippen LogP contribution in [0.4, 0.5) is 0 Å². The number of benzene rings is 1. The topological polar surface area (TPSA) is 50.2 Å². The third-order valence-electron chi connectivity index (χ3n) is 5.74. The smallest absolute Gasteiger partial charge is 0.283 e. The highest BCUT2D eigenvalue weighted by molar-refractivity contribution is 7.12. The first-order valence-electron chi connectivity index (χ1n) is 10.2. The maximum Gasteiger partial charge on any atom is 0.286 e. The maximum absolute atomic E-state index is 13.2. The van der Waals surface area contributed by atoms with Gasteiger partial charge in [0, 0.05) is 39.0 Å². The highest BCUT2D eigenvalue weighted by Crippen LogP contribution is 2.42. The van der Waals surface area contributed by atoms with E-state index in [1.807, 2.05) is 15.8 Å². The molecule has 1 saturated heterocycles. The second-order valence-electron chi connectivity index (χ2n) is 7.87. The molecule has 1 amide bonds. The summed E-state index contributed by atoms with van der Waals surface area (Å²) in [4.78, 5) is 15.8. The fraction of sp³-hybridized carbons (Fsp3) is 0.364. The number of carbonyl (C=O) groups is 1. The molecule has 156 valence electrons. The normalized spacial score (nSPS) is 16.2. The highest BCUT2D eigenvalue weighted by Gasteiger charge is 2.31. The number of amides is 1. The number of hydrogen-bond donors (Lipinski definition) is 1. The molecule has 1 aromatic carbocycles. The van der Waals surface area contributed by atoms with Gasteiger partial charge in [-0.15, -0.1) is 11.3 Å². The minimum Gasteiger partial charge on any atom is -0.283 e. The summed E-state index contributed by atoms with van der Waals surface area (Å²) in [6.07, 6.45) is 5.13. The number of nitrogens with zero attached hydrogens (tertiary/aromatic N) is 3. The maximum atomic E-state index is 13.2. The average Bonchev–Trinajstić information content (AvgIpc) is 3.28. The lowest BCUT2D eigenvalue weighted by Crippen LogP contribution is -2.45. The van der Waals surface area contributed by atoms with Crippen LogP contribution in [-0.4, -0.2) is 33.8 Å². The molecule has 8 heteroatoms. The summed E-state index contributed by atoms with van der Waals surface area (Å²) in [6.45, 7) is 3.87. The summed E-state index contributed by atoms with van der Waals surface area (Å²) in [5.74, 6) is -0.146. The monoisotopic (exact) mass is 460 g/mol. The summed E-state index contributed by atoms with van der Waals surface area (Å²) < 4.78 is 1.82. The van der Waals surface area contributed by atoms with E-state index in [0.717, 1.165) is 61.3 Å². The van der Waals surface area contributed by atoms with Crippen LogP contribution in [-0.2, 0) is 12.8 Å². The molecule has 1 aliphatic heterocycles. The third-order valence-corrected chi connectivity index (χ3v) is 7.39. The molecule has 3 heterocycles. The highest BCUT2D eigenvalue weighted by atomic mass is 35.5. The Bertz CT molecular complexity index is 1130. The Morgan fingerprint density at radius 2 is 1.93 bits per heavy atom. The number of rotatable bonds is 3. The van der Waals surface area contributed by atoms with Gasteiger partial charge in [0.05, 0.1) is 16.4 Å². The van der Waals surface area contributed by atoms with Crippen LogP contribution in [0.3, 0.4) is 0 Å². The Labute approximate surface area is 189 Å². The number of thiophene rings is 1. The van der Waals surface area contributed by atoms with Gasteiger partial charge in [0.1, 0.15) is 0 Å². The van der Waals surface area contributed by atoms with Crippen molar-refractivity contribution in [3.63, 3.8) is 0 Å². The summed E-state index contributed by atoms with van der Waals surface area (Å²) in [7, 11) is 0. The van der Waals surface area contributed by atoms with Gasteiger partial charge in [0.25, 0.3) is 5.91 Å². The van der Waals surface area contributed by atoms with Crippen molar-refractivity contribution in [1.82, 2.24) is 20.2 Å². The number of aromatic nitrogens is 2. The molecule has 0 radical (unpaired) electrons. The van der Waals surface area contributed by atoms with Gasteiger partial charge in [-0.3, -0.25) is 10.2 Å². The van der Waals surface area contributed by atoms with Gasteiger partial charge >= 0.3 is 0 Å². The van der Waals surface area contributed by atoms with E-state index in [-0.39, 0.29) is 5.91 Å². The van der Waals surface area contributed by atoms with Gasteiger partial charge in [-0.05, 0) is 56.9 Å². The van der Waals surface area contributed by atoms with Crippen molar-refractivity contribution in [2.24, 2.45) is 0 Å². The fourth-order valence-corrected chi connectivity index (χ4v) is 5.89. The second kappa shape index (κ2) is 8.00. The molecule has 2 aliphatic rings. The molecule has 0 bridgehead atoms. The molecule has 3 aromatic rings. The van der Waals surface area contributed by atoms with Gasteiger partial charge in [0.15, 0.2) is 5.69 Å². The Balaban J connectivity index is 1.63. The molecule has 1 N–H and O–H groups in total. The number of nitrogens with one attached hydrogen (secondary N) is 1. The number of hydrazine groups is 1. The van der Waals surface area contributed by atoms with Crippen LogP contribution in [0.25, 0.3) is 16.9 Å². The number of aryl methyl sites for hydroxylation is 2. The number of fused-ring (bicyclic) bond motifs is 3. The van der Waals surface area contributed by atoms with Gasteiger partial charge in [-0.2, -0.15) is 5.10 Å². The molecule has 0 unspecified atom stereocenters. The molecule has 30 heavy (non-hydrogen) atoms. The zero-order valence-corrected chi connectivity index (χ0v) is 19.0. The van der Waals surface area contributed by atoms with Crippen molar-refractivity contribution in [3.8, 4) is 16.9 Å². The van der Waals surface area contributed by atoms with Crippen molar-refractivity contribution in [3.05, 3.63) is 55.3 Å². The Morgan fingerprint density at radius 1 is 1.13 bits per heavy atom. The van der Waals surface area contributed by atoms with Crippen molar-refractivity contribution in [2.45, 2.75) is 39.0 Å². The van der Waals surface area contributed by atoms with E-state index in [4.69, 9.17) is 28.3 Å². The quantitative estimate of drug-likeness (QED) is 0.565. The van der Waals surface area contributed by atoms with E-state index in [2.05, 4.69) is 18.4 Å². The van der Waals surface area contributed by atoms with Crippen LogP contribution in [0, 0.1) is 6.92 Å². The van der Waals surface area contributed by atoms with E-state index in [0.29, 0.717) is 15.7 Å². The van der Waals surface area contributed by atoms with Crippen LogP contribution in [0.15, 0.2) is 24.3 Å². The summed E-state index contributed by atoms with van der Waals surface area (Å²) in [6, 6.07) is 7.56. The first-order chi connectivity index (χ1) is 14.5. The molecule has 0 atom stereocenters. The molecule has 1 aliphatic carbocycles. The van der Waals surface area contributed by atoms with Gasteiger partial charge < -0.3 is 0 Å². The molecule has 5 rings (SSSR count). The summed E-state index contributed by atoms with van der Waals surface area (Å²) in [5, 5.41) is 7.87. The van der Waals surface area contributed by atoms with Crippen molar-refractivity contribution in [1.29, 1.82) is 0 Å². The van der Waals surface area contributed by atoms with E-state index in [1.165, 1.54) is 16.2 Å². The number of piperidine rings is 1. The lowest BCUT2D eigenvalue weighted by Gasteiger charge is -2.26. The Hall–Kier alpha value is -1.86. The first kappa shape index (κ1) is 20.1. The first-order valence-corrected chi connectivity index (χ1v) is 11.8. The molecule has 0 spiro atoms. The molecule has 0 saturated carbocycles. The minimum atomic E-state index is -0.146. The van der Waals surface area contributed by atoms with Crippen molar-refractivity contribution in [2.75, 3.05) is 13.1 Å². The second-order valence-corrected chi connectivity index (χ2v) is 10.1. The van der Waals surface area contributed by atoms with Crippen LogP contribution in [0.2, 0.25) is 10.0 Å². The number of hydrogen-bond acceptors (Lipinski definition) is 4. The molecule has 2 aromatic heterocycles. The van der Waals surface area contributed by atoms with E-state index < -0.39 is 0 Å². The van der Waals surface area contributed by atoms with Gasteiger partial charge in [-0.1, -0.05) is 29.6 Å². The van der Waals surface area contributed by atoms with Crippen LogP contribution in [0.5, 0.6) is 0 Å². The number of halogens is 2. The largest absolute Gasteiger partial charge is 0.286 e. The molecular formula is C22H22Cl2N4OS. The lowest BCUT2D eigenvalue weighted by atomic mass is 9.94. The van der Waals surface area contributed by atoms with Crippen LogP contribution < -0.4 is 5.43 Å². The third kappa shape index (κ3) is 3.56. The van der Waals surface area contributed by atoms with E-state index >= 15 is 0 Å². The predicted octanol–water partition coefficient (Wildman–Crippen LogP) is 5.45. The SMILES string of the molecule is Cc1cc2c(s1)CCc1c(C(=O)NN3CCCCC3)nn(-c3ccc(Cl)cc3Cl)c1-2. The zero-order valence-electron chi connectivity index (χ0n) is 16.7. The minimum absolute atomic E-state index is 0.146. The number of carbonyl (C=O) groups excluding carboxylic acids is 1. The van der Waals surface area contributed by atoms with Crippen LogP contribution >= 0.6 is 34.5 Å². The van der Waals surface area contributed by atoms with Gasteiger partial charge in [-0.25, -0.2) is 9.69 Å². The molecule has 5 nitrogen and oxygen atoms in total. The predicted molar refractivity (Wildman–Crippen MR) is 122 cm³/mol. The van der Waals surface area contributed by atoms with E-state index in [1.54, 1.807) is 23.5 Å². The van der Waals surface area contributed by atoms with Gasteiger partial charge in [0.2, 0.25) is 0 Å². The Kier molecular flexibility index (Phi) is 5.35. The van der Waals surface area contributed by atoms with Crippen LogP contribution in [0.1, 0.15) is 45.1 Å². The zero-order chi connectivity index (χ0) is 20.8. The molecular weight excluding hydrogens is 439 g/mol. The fourth-order valence-electron chi connectivity index (χ4n) is 4.36. The Morgan fingerprint density at radius 3 is 2.70 bits per heavy atom. The lowest BCUT2D eigenvalue weighted by molar-refractivity contribution is 0.0743. The molecule has 1 fully saturated rings. The van der Waals surface area contributed by atoms with Crippen molar-refractivity contribution < 1.29 is 4.79 Å². The summed E-state index contributed by atoms with van der Waals surface area (Å²) >= 11 is 14.5.